The molecule has 0 spiro atoms. The van der Waals surface area contributed by atoms with E-state index in [-0.39, 0.29) is 17.5 Å². The zero-order valence-corrected chi connectivity index (χ0v) is 14.0. The fraction of sp³-hybridized carbons (Fsp3) is 0.650. The van der Waals surface area contributed by atoms with E-state index in [0.717, 1.165) is 19.3 Å². The number of rotatable bonds is 1. The van der Waals surface area contributed by atoms with Gasteiger partial charge in [0.1, 0.15) is 11.9 Å². The molecule has 2 saturated carbocycles. The lowest BCUT2D eigenvalue weighted by Crippen LogP contribution is -2.45. The van der Waals surface area contributed by atoms with E-state index in [4.69, 9.17) is 4.74 Å². The molecule has 1 N–H and O–H groups in total. The molecule has 4 rings (SSSR count). The summed E-state index contributed by atoms with van der Waals surface area (Å²) in [4.78, 5) is 11.4. The van der Waals surface area contributed by atoms with Crippen molar-refractivity contribution >= 4 is 5.97 Å². The first kappa shape index (κ1) is 15.0. The third kappa shape index (κ3) is 2.28. The maximum absolute atomic E-state index is 11.4. The summed E-state index contributed by atoms with van der Waals surface area (Å²) in [5.41, 5.74) is 2.95. The molecule has 0 aromatic heterocycles. The lowest BCUT2D eigenvalue weighted by atomic mass is 9.55. The van der Waals surface area contributed by atoms with Crippen molar-refractivity contribution in [1.82, 2.24) is 0 Å². The minimum Gasteiger partial charge on any atom is -0.508 e. The first-order chi connectivity index (χ1) is 11.0. The fourth-order valence-electron chi connectivity index (χ4n) is 5.91. The molecule has 0 saturated heterocycles. The van der Waals surface area contributed by atoms with Crippen LogP contribution in [-0.4, -0.2) is 17.2 Å². The van der Waals surface area contributed by atoms with Gasteiger partial charge in [-0.3, -0.25) is 4.79 Å². The Bertz CT molecular complexity index is 638. The predicted molar refractivity (Wildman–Crippen MR) is 88.3 cm³/mol. The van der Waals surface area contributed by atoms with Gasteiger partial charge in [-0.05, 0) is 79.5 Å². The lowest BCUT2D eigenvalue weighted by Gasteiger charge is -2.50. The second-order valence-corrected chi connectivity index (χ2v) is 8.02. The van der Waals surface area contributed by atoms with E-state index in [1.165, 1.54) is 37.3 Å². The molecule has 0 amide bonds. The summed E-state index contributed by atoms with van der Waals surface area (Å²) in [7, 11) is 0. The summed E-state index contributed by atoms with van der Waals surface area (Å²) >= 11 is 0. The molecule has 0 heterocycles. The second kappa shape index (κ2) is 5.25. The highest BCUT2D eigenvalue weighted by atomic mass is 16.5. The number of carbonyl (C=O) groups excluding carboxylic acids is 1. The van der Waals surface area contributed by atoms with Gasteiger partial charge in [0.25, 0.3) is 0 Å². The molecule has 1 aromatic carbocycles. The molecular formula is C20H26O3. The van der Waals surface area contributed by atoms with Gasteiger partial charge < -0.3 is 9.84 Å². The number of phenols is 1. The smallest absolute Gasteiger partial charge is 0.302 e. The average Bonchev–Trinajstić information content (AvgIpc) is 2.83. The minimum atomic E-state index is -0.136. The summed E-state index contributed by atoms with van der Waals surface area (Å²) in [5, 5.41) is 9.75. The molecule has 2 fully saturated rings. The number of aryl methyl sites for hydroxylation is 1. The highest BCUT2D eigenvalue weighted by Gasteiger charge is 2.56. The van der Waals surface area contributed by atoms with Crippen LogP contribution in [-0.2, 0) is 16.0 Å². The Morgan fingerprint density at radius 2 is 2.09 bits per heavy atom. The highest BCUT2D eigenvalue weighted by molar-refractivity contribution is 5.66. The topological polar surface area (TPSA) is 46.5 Å². The van der Waals surface area contributed by atoms with Gasteiger partial charge in [-0.1, -0.05) is 13.0 Å². The normalized spacial score (nSPS) is 38.3. The van der Waals surface area contributed by atoms with Gasteiger partial charge in [0.15, 0.2) is 0 Å². The molecule has 23 heavy (non-hydrogen) atoms. The molecule has 3 heteroatoms. The monoisotopic (exact) mass is 314 g/mol. The molecule has 3 nitrogen and oxygen atoms in total. The largest absolute Gasteiger partial charge is 0.508 e. The van der Waals surface area contributed by atoms with Crippen molar-refractivity contribution in [2.24, 2.45) is 17.3 Å². The third-order valence-corrected chi connectivity index (χ3v) is 6.93. The summed E-state index contributed by atoms with van der Waals surface area (Å²) in [5.74, 6) is 2.23. The number of hydrogen-bond acceptors (Lipinski definition) is 3. The van der Waals surface area contributed by atoms with E-state index < -0.39 is 0 Å². The van der Waals surface area contributed by atoms with Crippen LogP contribution in [0.3, 0.4) is 0 Å². The van der Waals surface area contributed by atoms with Crippen molar-refractivity contribution in [3.05, 3.63) is 29.3 Å². The van der Waals surface area contributed by atoms with Crippen molar-refractivity contribution in [2.45, 2.75) is 64.4 Å². The van der Waals surface area contributed by atoms with Crippen LogP contribution >= 0.6 is 0 Å². The molecule has 1 aromatic rings. The lowest BCUT2D eigenvalue weighted by molar-refractivity contribution is -0.154. The van der Waals surface area contributed by atoms with Crippen LogP contribution in [0.4, 0.5) is 0 Å². The molecular weight excluding hydrogens is 288 g/mol. The van der Waals surface area contributed by atoms with Crippen LogP contribution < -0.4 is 0 Å². The number of benzene rings is 1. The van der Waals surface area contributed by atoms with Crippen LogP contribution in [0, 0.1) is 17.3 Å². The molecule has 3 aliphatic carbocycles. The SMILES string of the molecule is CC(=O)O[C@H]1CCC2C3CCc4cc(O)ccc4C3CC[C@@]21C. The van der Waals surface area contributed by atoms with Crippen molar-refractivity contribution in [3.8, 4) is 5.75 Å². The fourth-order valence-corrected chi connectivity index (χ4v) is 5.91. The number of hydrogen-bond donors (Lipinski definition) is 1. The molecule has 3 aliphatic rings. The third-order valence-electron chi connectivity index (χ3n) is 6.93. The van der Waals surface area contributed by atoms with E-state index in [1.54, 1.807) is 0 Å². The van der Waals surface area contributed by atoms with Crippen LogP contribution in [0.25, 0.3) is 0 Å². The maximum atomic E-state index is 11.4. The number of fused-ring (bicyclic) bond motifs is 5. The number of esters is 1. The van der Waals surface area contributed by atoms with Crippen LogP contribution in [0.5, 0.6) is 5.75 Å². The van der Waals surface area contributed by atoms with E-state index in [9.17, 15) is 9.90 Å². The van der Waals surface area contributed by atoms with Crippen molar-refractivity contribution in [1.29, 1.82) is 0 Å². The van der Waals surface area contributed by atoms with Gasteiger partial charge in [0.2, 0.25) is 0 Å². The van der Waals surface area contributed by atoms with Crippen LogP contribution in [0.2, 0.25) is 0 Å². The first-order valence-electron chi connectivity index (χ1n) is 8.98. The second-order valence-electron chi connectivity index (χ2n) is 8.02. The molecule has 0 bridgehead atoms. The number of aromatic hydroxyl groups is 1. The Labute approximate surface area is 138 Å². The van der Waals surface area contributed by atoms with Crippen LogP contribution in [0.15, 0.2) is 18.2 Å². The maximum Gasteiger partial charge on any atom is 0.302 e. The zero-order valence-electron chi connectivity index (χ0n) is 14.0. The number of phenolic OH excluding ortho intramolecular Hbond substituents is 1. The summed E-state index contributed by atoms with van der Waals surface area (Å²) in [6, 6.07) is 5.93. The Kier molecular flexibility index (Phi) is 3.44. The summed E-state index contributed by atoms with van der Waals surface area (Å²) in [6.07, 6.45) is 6.89. The van der Waals surface area contributed by atoms with Gasteiger partial charge in [0, 0.05) is 12.3 Å². The minimum absolute atomic E-state index is 0.104. The molecule has 3 unspecified atom stereocenters. The molecule has 0 radical (unpaired) electrons. The predicted octanol–water partition coefficient (Wildman–Crippen LogP) is 4.18. The number of ether oxygens (including phenoxy) is 1. The first-order valence-corrected chi connectivity index (χ1v) is 8.98. The average molecular weight is 314 g/mol. The van der Waals surface area contributed by atoms with Crippen molar-refractivity contribution in [2.75, 3.05) is 0 Å². The van der Waals surface area contributed by atoms with Gasteiger partial charge >= 0.3 is 5.97 Å². The highest BCUT2D eigenvalue weighted by Crippen LogP contribution is 2.61. The Hall–Kier alpha value is -1.51. The van der Waals surface area contributed by atoms with Crippen molar-refractivity contribution in [3.63, 3.8) is 0 Å². The van der Waals surface area contributed by atoms with Crippen LogP contribution in [0.1, 0.15) is 63.0 Å². The van der Waals surface area contributed by atoms with Gasteiger partial charge in [0.05, 0.1) is 0 Å². The Morgan fingerprint density at radius 1 is 1.26 bits per heavy atom. The van der Waals surface area contributed by atoms with E-state index in [1.807, 2.05) is 12.1 Å². The van der Waals surface area contributed by atoms with Gasteiger partial charge in [-0.25, -0.2) is 0 Å². The molecule has 5 atom stereocenters. The number of carbonyl (C=O) groups is 1. The van der Waals surface area contributed by atoms with E-state index in [2.05, 4.69) is 13.0 Å². The Morgan fingerprint density at radius 3 is 2.87 bits per heavy atom. The molecule has 124 valence electrons. The summed E-state index contributed by atoms with van der Waals surface area (Å²) in [6.45, 7) is 3.88. The van der Waals surface area contributed by atoms with Gasteiger partial charge in [-0.2, -0.15) is 0 Å². The summed E-state index contributed by atoms with van der Waals surface area (Å²) < 4.78 is 5.68. The molecule has 0 aliphatic heterocycles. The van der Waals surface area contributed by atoms with E-state index in [0.29, 0.717) is 23.5 Å². The Balaban J connectivity index is 1.63. The standard InChI is InChI=1S/C20H26O3/c1-12(21)23-19-8-7-18-17-5-3-13-11-14(22)4-6-15(13)16(17)9-10-20(18,19)2/h4,6,11,16-19,22H,3,5,7-10H2,1-2H3/t16?,17?,18?,19-,20-/m0/s1. The quantitative estimate of drug-likeness (QED) is 0.791. The zero-order chi connectivity index (χ0) is 16.2. The van der Waals surface area contributed by atoms with E-state index >= 15 is 0 Å². The van der Waals surface area contributed by atoms with Crippen molar-refractivity contribution < 1.29 is 14.6 Å². The van der Waals surface area contributed by atoms with Gasteiger partial charge in [-0.15, -0.1) is 0 Å².